The van der Waals surface area contributed by atoms with Crippen LogP contribution in [-0.2, 0) is 0 Å². The Labute approximate surface area is 124 Å². The molecule has 0 unspecified atom stereocenters. The standard InChI is InChI=1S/C15H11N3O2S/c19-11-6-7-14(16-9-11)17-18-15-12(20)8-13(21-15)10-4-2-1-3-5-10/h1-9,19-20H. The second-order valence-electron chi connectivity index (χ2n) is 4.24. The predicted molar refractivity (Wildman–Crippen MR) is 81.5 cm³/mol. The summed E-state index contributed by atoms with van der Waals surface area (Å²) in [5.41, 5.74) is 1.02. The fraction of sp³-hybridized carbons (Fsp3) is 0. The van der Waals surface area contributed by atoms with Gasteiger partial charge in [-0.3, -0.25) is 0 Å². The Kier molecular flexibility index (Phi) is 3.61. The van der Waals surface area contributed by atoms with Crippen molar-refractivity contribution in [2.45, 2.75) is 0 Å². The highest BCUT2D eigenvalue weighted by Gasteiger charge is 2.09. The van der Waals surface area contributed by atoms with Gasteiger partial charge < -0.3 is 10.2 Å². The number of azo groups is 1. The van der Waals surface area contributed by atoms with E-state index in [1.54, 1.807) is 12.1 Å². The monoisotopic (exact) mass is 297 g/mol. The molecule has 2 aromatic heterocycles. The maximum atomic E-state index is 9.91. The van der Waals surface area contributed by atoms with Gasteiger partial charge in [0.1, 0.15) is 5.75 Å². The van der Waals surface area contributed by atoms with E-state index in [-0.39, 0.29) is 11.5 Å². The largest absolute Gasteiger partial charge is 0.506 e. The van der Waals surface area contributed by atoms with Crippen LogP contribution in [0.2, 0.25) is 0 Å². The van der Waals surface area contributed by atoms with Crippen molar-refractivity contribution in [2.24, 2.45) is 10.2 Å². The molecule has 0 amide bonds. The summed E-state index contributed by atoms with van der Waals surface area (Å²) in [7, 11) is 0. The lowest BCUT2D eigenvalue weighted by molar-refractivity contribution is 0.472. The summed E-state index contributed by atoms with van der Waals surface area (Å²) < 4.78 is 0. The lowest BCUT2D eigenvalue weighted by Gasteiger charge is -1.93. The van der Waals surface area contributed by atoms with Gasteiger partial charge in [0.25, 0.3) is 0 Å². The van der Waals surface area contributed by atoms with E-state index in [0.29, 0.717) is 10.8 Å². The number of benzene rings is 1. The third-order valence-corrected chi connectivity index (χ3v) is 3.79. The quantitative estimate of drug-likeness (QED) is 0.691. The first-order valence-corrected chi connectivity index (χ1v) is 6.99. The van der Waals surface area contributed by atoms with E-state index in [2.05, 4.69) is 15.2 Å². The smallest absolute Gasteiger partial charge is 0.181 e. The number of thiophene rings is 1. The first-order chi connectivity index (χ1) is 10.2. The van der Waals surface area contributed by atoms with Crippen LogP contribution in [0.15, 0.2) is 65.0 Å². The Balaban J connectivity index is 1.86. The molecule has 2 heterocycles. The fourth-order valence-corrected chi connectivity index (χ4v) is 2.60. The molecular formula is C15H11N3O2S. The summed E-state index contributed by atoms with van der Waals surface area (Å²) in [5.74, 6) is 0.516. The van der Waals surface area contributed by atoms with Crippen molar-refractivity contribution in [3.8, 4) is 21.9 Å². The Morgan fingerprint density at radius 2 is 1.76 bits per heavy atom. The summed E-state index contributed by atoms with van der Waals surface area (Å²) in [4.78, 5) is 4.82. The number of nitrogens with zero attached hydrogens (tertiary/aromatic N) is 3. The molecule has 2 N–H and O–H groups in total. The molecule has 0 spiro atoms. The van der Waals surface area contributed by atoms with Crippen molar-refractivity contribution in [2.75, 3.05) is 0 Å². The minimum absolute atomic E-state index is 0.0688. The van der Waals surface area contributed by atoms with E-state index >= 15 is 0 Å². The fourth-order valence-electron chi connectivity index (χ4n) is 1.72. The zero-order chi connectivity index (χ0) is 14.7. The molecule has 0 radical (unpaired) electrons. The number of aromatic nitrogens is 1. The molecule has 0 saturated heterocycles. The van der Waals surface area contributed by atoms with Gasteiger partial charge in [0.2, 0.25) is 0 Å². The summed E-state index contributed by atoms with van der Waals surface area (Å²) in [5, 5.41) is 27.4. The molecule has 0 aliphatic heterocycles. The normalized spacial score (nSPS) is 11.0. The SMILES string of the molecule is Oc1ccc(N=Nc2sc(-c3ccccc3)cc2O)nc1. The minimum Gasteiger partial charge on any atom is -0.506 e. The van der Waals surface area contributed by atoms with Crippen LogP contribution in [-0.4, -0.2) is 15.2 Å². The van der Waals surface area contributed by atoms with Gasteiger partial charge in [-0.2, -0.15) is 0 Å². The maximum absolute atomic E-state index is 9.91. The number of hydrogen-bond donors (Lipinski definition) is 2. The highest BCUT2D eigenvalue weighted by atomic mass is 32.1. The van der Waals surface area contributed by atoms with Gasteiger partial charge >= 0.3 is 0 Å². The van der Waals surface area contributed by atoms with E-state index < -0.39 is 0 Å². The molecule has 0 aliphatic rings. The Hall–Kier alpha value is -2.73. The van der Waals surface area contributed by atoms with Crippen molar-refractivity contribution in [3.63, 3.8) is 0 Å². The van der Waals surface area contributed by atoms with Gasteiger partial charge in [-0.15, -0.1) is 21.6 Å². The van der Waals surface area contributed by atoms with Crippen LogP contribution in [0.3, 0.4) is 0 Å². The van der Waals surface area contributed by atoms with E-state index in [9.17, 15) is 5.11 Å². The average Bonchev–Trinajstić information content (AvgIpc) is 2.89. The topological polar surface area (TPSA) is 78.1 Å². The molecular weight excluding hydrogens is 286 g/mol. The summed E-state index contributed by atoms with van der Waals surface area (Å²) >= 11 is 1.35. The molecule has 3 rings (SSSR count). The molecule has 104 valence electrons. The van der Waals surface area contributed by atoms with Crippen LogP contribution >= 0.6 is 11.3 Å². The van der Waals surface area contributed by atoms with Crippen molar-refractivity contribution in [3.05, 3.63) is 54.7 Å². The van der Waals surface area contributed by atoms with Crippen molar-refractivity contribution in [1.29, 1.82) is 0 Å². The number of aromatic hydroxyl groups is 2. The maximum Gasteiger partial charge on any atom is 0.181 e. The van der Waals surface area contributed by atoms with Gasteiger partial charge in [0.15, 0.2) is 16.6 Å². The molecule has 0 bridgehead atoms. The lowest BCUT2D eigenvalue weighted by Crippen LogP contribution is -1.70. The summed E-state index contributed by atoms with van der Waals surface area (Å²) in [6.45, 7) is 0. The first kappa shape index (κ1) is 13.3. The van der Waals surface area contributed by atoms with E-state index in [1.165, 1.54) is 23.6 Å². The highest BCUT2D eigenvalue weighted by Crippen LogP contribution is 2.42. The van der Waals surface area contributed by atoms with Crippen LogP contribution in [0, 0.1) is 0 Å². The Morgan fingerprint density at radius 3 is 2.48 bits per heavy atom. The summed E-state index contributed by atoms with van der Waals surface area (Å²) in [6, 6.07) is 14.4. The molecule has 5 nitrogen and oxygen atoms in total. The zero-order valence-electron chi connectivity index (χ0n) is 10.8. The molecule has 6 heteroatoms. The summed E-state index contributed by atoms with van der Waals surface area (Å²) in [6.07, 6.45) is 1.29. The second kappa shape index (κ2) is 5.72. The van der Waals surface area contributed by atoms with Crippen molar-refractivity contribution in [1.82, 2.24) is 4.98 Å². The third-order valence-electron chi connectivity index (χ3n) is 2.73. The van der Waals surface area contributed by atoms with E-state index in [1.807, 2.05) is 30.3 Å². The lowest BCUT2D eigenvalue weighted by atomic mass is 10.2. The van der Waals surface area contributed by atoms with Crippen LogP contribution < -0.4 is 0 Å². The highest BCUT2D eigenvalue weighted by molar-refractivity contribution is 7.19. The van der Waals surface area contributed by atoms with Gasteiger partial charge in [-0.25, -0.2) is 4.98 Å². The first-order valence-electron chi connectivity index (χ1n) is 6.17. The Bertz CT molecular complexity index is 767. The number of pyridine rings is 1. The van der Waals surface area contributed by atoms with Crippen LogP contribution in [0.4, 0.5) is 10.8 Å². The van der Waals surface area contributed by atoms with E-state index in [4.69, 9.17) is 5.11 Å². The second-order valence-corrected chi connectivity index (χ2v) is 5.27. The number of hydrogen-bond acceptors (Lipinski definition) is 6. The molecule has 3 aromatic rings. The van der Waals surface area contributed by atoms with E-state index in [0.717, 1.165) is 10.4 Å². The average molecular weight is 297 g/mol. The molecule has 1 aromatic carbocycles. The molecule has 0 saturated carbocycles. The van der Waals surface area contributed by atoms with Crippen LogP contribution in [0.25, 0.3) is 10.4 Å². The van der Waals surface area contributed by atoms with Gasteiger partial charge in [0, 0.05) is 10.9 Å². The molecule has 0 fully saturated rings. The molecule has 21 heavy (non-hydrogen) atoms. The third kappa shape index (κ3) is 3.06. The predicted octanol–water partition coefficient (Wildman–Crippen LogP) is 4.64. The molecule has 0 aliphatic carbocycles. The van der Waals surface area contributed by atoms with Gasteiger partial charge in [0.05, 0.1) is 6.20 Å². The number of rotatable bonds is 3. The molecule has 0 atom stereocenters. The zero-order valence-corrected chi connectivity index (χ0v) is 11.7. The van der Waals surface area contributed by atoms with Crippen molar-refractivity contribution < 1.29 is 10.2 Å². The van der Waals surface area contributed by atoms with Crippen LogP contribution in [0.1, 0.15) is 0 Å². The van der Waals surface area contributed by atoms with Gasteiger partial charge in [-0.05, 0) is 17.7 Å². The van der Waals surface area contributed by atoms with Crippen LogP contribution in [0.5, 0.6) is 11.5 Å². The Morgan fingerprint density at radius 1 is 0.952 bits per heavy atom. The van der Waals surface area contributed by atoms with Crippen molar-refractivity contribution >= 4 is 22.2 Å². The minimum atomic E-state index is 0.0688. The van der Waals surface area contributed by atoms with Gasteiger partial charge in [-0.1, -0.05) is 30.3 Å².